The van der Waals surface area contributed by atoms with Crippen LogP contribution in [0.1, 0.15) is 24.8 Å². The highest BCUT2D eigenvalue weighted by Crippen LogP contribution is 2.45. The number of carbonyl (C=O) groups excluding carboxylic acids is 1. The molecule has 1 aromatic carbocycles. The number of nitrogens with zero attached hydrogens (tertiary/aromatic N) is 1. The van der Waals surface area contributed by atoms with E-state index in [9.17, 15) is 4.79 Å². The Kier molecular flexibility index (Phi) is 2.44. The summed E-state index contributed by atoms with van der Waals surface area (Å²) in [6, 6.07) is 8.00. The third-order valence-electron chi connectivity index (χ3n) is 4.11. The molecule has 3 nitrogen and oxygen atoms in total. The maximum Gasteiger partial charge on any atom is 0.312 e. The van der Waals surface area contributed by atoms with Crippen molar-refractivity contribution in [3.63, 3.8) is 0 Å². The van der Waals surface area contributed by atoms with Crippen LogP contribution in [0.25, 0.3) is 0 Å². The quantitative estimate of drug-likeness (QED) is 0.505. The van der Waals surface area contributed by atoms with Gasteiger partial charge in [-0.15, -0.1) is 0 Å². The lowest BCUT2D eigenvalue weighted by atomic mass is 9.69. The molecule has 0 radical (unpaired) electrons. The van der Waals surface area contributed by atoms with Gasteiger partial charge in [0.25, 0.3) is 0 Å². The molecule has 1 saturated heterocycles. The number of para-hydroxylation sites is 1. The van der Waals surface area contributed by atoms with Crippen molar-refractivity contribution in [3.05, 3.63) is 29.8 Å². The molecule has 3 heteroatoms. The van der Waals surface area contributed by atoms with Crippen molar-refractivity contribution in [1.29, 1.82) is 0 Å². The Morgan fingerprint density at radius 3 is 2.71 bits per heavy atom. The molecule has 0 bridgehead atoms. The number of ether oxygens (including phenoxy) is 1. The average molecular weight is 231 g/mol. The molecular formula is C14H17NO2. The fraction of sp³-hybridized carbons (Fsp3) is 0.500. The van der Waals surface area contributed by atoms with Gasteiger partial charge in [-0.25, -0.2) is 0 Å². The van der Waals surface area contributed by atoms with E-state index in [1.54, 1.807) is 0 Å². The second kappa shape index (κ2) is 3.84. The molecule has 2 heterocycles. The van der Waals surface area contributed by atoms with Crippen LogP contribution in [0.15, 0.2) is 24.3 Å². The van der Waals surface area contributed by atoms with Crippen molar-refractivity contribution in [1.82, 2.24) is 4.90 Å². The highest BCUT2D eigenvalue weighted by molar-refractivity contribution is 5.77. The van der Waals surface area contributed by atoms with Crippen LogP contribution in [0.2, 0.25) is 0 Å². The molecule has 0 amide bonds. The Bertz CT molecular complexity index is 447. The zero-order valence-electron chi connectivity index (χ0n) is 10.1. The third kappa shape index (κ3) is 1.75. The summed E-state index contributed by atoms with van der Waals surface area (Å²) in [6.45, 7) is 2.11. The van der Waals surface area contributed by atoms with Crippen LogP contribution in [0.4, 0.5) is 0 Å². The van der Waals surface area contributed by atoms with Gasteiger partial charge in [0.05, 0.1) is 6.42 Å². The maximum absolute atomic E-state index is 11.7. The van der Waals surface area contributed by atoms with Gasteiger partial charge in [0.1, 0.15) is 5.75 Å². The Morgan fingerprint density at radius 1 is 1.24 bits per heavy atom. The highest BCUT2D eigenvalue weighted by Gasteiger charge is 2.42. The van der Waals surface area contributed by atoms with Crippen molar-refractivity contribution in [2.45, 2.75) is 24.7 Å². The lowest BCUT2D eigenvalue weighted by Gasteiger charge is -2.43. The van der Waals surface area contributed by atoms with Gasteiger partial charge < -0.3 is 9.64 Å². The topological polar surface area (TPSA) is 29.5 Å². The van der Waals surface area contributed by atoms with Gasteiger partial charge in [0, 0.05) is 11.0 Å². The lowest BCUT2D eigenvalue weighted by Crippen LogP contribution is -2.45. The van der Waals surface area contributed by atoms with E-state index in [-0.39, 0.29) is 11.4 Å². The molecule has 0 saturated carbocycles. The second-order valence-electron chi connectivity index (χ2n) is 5.23. The van der Waals surface area contributed by atoms with Crippen molar-refractivity contribution in [2.24, 2.45) is 0 Å². The number of carbonyl (C=O) groups is 1. The Balaban J connectivity index is 2.02. The van der Waals surface area contributed by atoms with Gasteiger partial charge in [0.2, 0.25) is 0 Å². The third-order valence-corrected chi connectivity index (χ3v) is 4.11. The van der Waals surface area contributed by atoms with Crippen LogP contribution >= 0.6 is 0 Å². The fourth-order valence-corrected chi connectivity index (χ4v) is 3.02. The predicted octanol–water partition coefficient (Wildman–Crippen LogP) is 1.96. The van der Waals surface area contributed by atoms with Crippen LogP contribution in [-0.2, 0) is 10.2 Å². The minimum atomic E-state index is -0.0757. The molecule has 1 fully saturated rings. The zero-order valence-corrected chi connectivity index (χ0v) is 10.1. The summed E-state index contributed by atoms with van der Waals surface area (Å²) in [5.41, 5.74) is 1.26. The van der Waals surface area contributed by atoms with Crippen molar-refractivity contribution in [2.75, 3.05) is 20.1 Å². The molecule has 17 heavy (non-hydrogen) atoms. The molecule has 3 rings (SSSR count). The molecule has 0 unspecified atom stereocenters. The molecule has 0 atom stereocenters. The van der Waals surface area contributed by atoms with E-state index < -0.39 is 0 Å². The number of rotatable bonds is 0. The van der Waals surface area contributed by atoms with E-state index in [0.29, 0.717) is 6.42 Å². The van der Waals surface area contributed by atoms with Gasteiger partial charge in [0.15, 0.2) is 0 Å². The number of likely N-dealkylation sites (tertiary alicyclic amines) is 1. The fourth-order valence-electron chi connectivity index (χ4n) is 3.02. The average Bonchev–Trinajstić information content (AvgIpc) is 2.33. The Labute approximate surface area is 101 Å². The summed E-state index contributed by atoms with van der Waals surface area (Å²) in [4.78, 5) is 14.1. The van der Waals surface area contributed by atoms with Crippen LogP contribution in [0, 0.1) is 0 Å². The zero-order chi connectivity index (χ0) is 11.9. The maximum atomic E-state index is 11.7. The van der Waals surface area contributed by atoms with E-state index >= 15 is 0 Å². The minimum Gasteiger partial charge on any atom is -0.426 e. The number of esters is 1. The molecule has 0 aromatic heterocycles. The van der Waals surface area contributed by atoms with Crippen LogP contribution < -0.4 is 4.74 Å². The van der Waals surface area contributed by atoms with E-state index in [1.165, 1.54) is 5.56 Å². The number of piperidine rings is 1. The lowest BCUT2D eigenvalue weighted by molar-refractivity contribution is -0.138. The van der Waals surface area contributed by atoms with Crippen molar-refractivity contribution in [3.8, 4) is 5.75 Å². The van der Waals surface area contributed by atoms with E-state index in [4.69, 9.17) is 4.74 Å². The molecule has 0 aliphatic carbocycles. The van der Waals surface area contributed by atoms with Gasteiger partial charge in [-0.1, -0.05) is 18.2 Å². The molecule has 1 spiro atoms. The summed E-state index contributed by atoms with van der Waals surface area (Å²) in [5, 5.41) is 0. The summed E-state index contributed by atoms with van der Waals surface area (Å²) in [6.07, 6.45) is 2.64. The first-order chi connectivity index (χ1) is 8.20. The molecule has 2 aliphatic heterocycles. The number of fused-ring (bicyclic) bond motifs is 2. The van der Waals surface area contributed by atoms with Crippen LogP contribution in [0.5, 0.6) is 5.75 Å². The normalized spacial score (nSPS) is 23.2. The molecule has 90 valence electrons. The largest absolute Gasteiger partial charge is 0.426 e. The number of hydrogen-bond donors (Lipinski definition) is 0. The van der Waals surface area contributed by atoms with E-state index in [1.807, 2.05) is 18.2 Å². The minimum absolute atomic E-state index is 0.0262. The summed E-state index contributed by atoms with van der Waals surface area (Å²) in [5.74, 6) is 0.696. The standard InChI is InChI=1S/C14H17NO2/c1-15-8-6-14(7-9-15)10-13(16)17-12-5-3-2-4-11(12)14/h2-5H,6-10H2,1H3. The van der Waals surface area contributed by atoms with Crippen molar-refractivity contribution >= 4 is 5.97 Å². The first kappa shape index (κ1) is 10.8. The highest BCUT2D eigenvalue weighted by atomic mass is 16.5. The van der Waals surface area contributed by atoms with Crippen LogP contribution in [0.3, 0.4) is 0 Å². The van der Waals surface area contributed by atoms with Gasteiger partial charge >= 0.3 is 5.97 Å². The molecule has 0 N–H and O–H groups in total. The molecule has 1 aromatic rings. The van der Waals surface area contributed by atoms with Crippen molar-refractivity contribution < 1.29 is 9.53 Å². The number of hydrogen-bond acceptors (Lipinski definition) is 3. The SMILES string of the molecule is CN1CCC2(CC1)CC(=O)Oc1ccccc12. The first-order valence-electron chi connectivity index (χ1n) is 6.18. The number of benzene rings is 1. The summed E-state index contributed by atoms with van der Waals surface area (Å²) < 4.78 is 5.33. The smallest absolute Gasteiger partial charge is 0.312 e. The van der Waals surface area contributed by atoms with Gasteiger partial charge in [-0.2, -0.15) is 0 Å². The Hall–Kier alpha value is -1.35. The monoisotopic (exact) mass is 231 g/mol. The summed E-state index contributed by atoms with van der Waals surface area (Å²) >= 11 is 0. The van der Waals surface area contributed by atoms with E-state index in [0.717, 1.165) is 31.7 Å². The van der Waals surface area contributed by atoms with Gasteiger partial charge in [-0.3, -0.25) is 4.79 Å². The Morgan fingerprint density at radius 2 is 1.94 bits per heavy atom. The first-order valence-corrected chi connectivity index (χ1v) is 6.18. The predicted molar refractivity (Wildman–Crippen MR) is 65.1 cm³/mol. The molecular weight excluding hydrogens is 214 g/mol. The van der Waals surface area contributed by atoms with Crippen LogP contribution in [-0.4, -0.2) is 31.0 Å². The molecule has 2 aliphatic rings. The summed E-state index contributed by atoms with van der Waals surface area (Å²) in [7, 11) is 2.14. The van der Waals surface area contributed by atoms with E-state index in [2.05, 4.69) is 18.0 Å². The second-order valence-corrected chi connectivity index (χ2v) is 5.23. The van der Waals surface area contributed by atoms with Gasteiger partial charge in [-0.05, 0) is 39.0 Å².